The molecule has 1 fully saturated rings. The fourth-order valence-corrected chi connectivity index (χ4v) is 3.86. The minimum atomic E-state index is -3.18. The van der Waals surface area contributed by atoms with E-state index in [0.717, 1.165) is 4.90 Å². The molecule has 1 N–H and O–H groups in total. The van der Waals surface area contributed by atoms with Gasteiger partial charge in [0.1, 0.15) is 6.54 Å². The Hall–Kier alpha value is -1.15. The second-order valence-electron chi connectivity index (χ2n) is 5.61. The van der Waals surface area contributed by atoms with Crippen LogP contribution in [0.25, 0.3) is 0 Å². The number of amides is 1. The molecule has 7 nitrogen and oxygen atoms in total. The van der Waals surface area contributed by atoms with Crippen LogP contribution in [-0.4, -0.2) is 67.1 Å². The smallest absolute Gasteiger partial charge is 0.323 e. The summed E-state index contributed by atoms with van der Waals surface area (Å²) in [6, 6.07) is -0.559. The molecule has 1 amide bonds. The molecule has 1 atom stereocenters. The highest BCUT2D eigenvalue weighted by molar-refractivity contribution is 7.91. The molecule has 0 saturated carbocycles. The molecule has 1 aliphatic rings. The lowest BCUT2D eigenvalue weighted by atomic mass is 10.0. The second-order valence-corrected chi connectivity index (χ2v) is 7.84. The van der Waals surface area contributed by atoms with E-state index in [9.17, 15) is 18.0 Å². The first-order chi connectivity index (χ1) is 9.06. The Labute approximate surface area is 118 Å². The normalized spacial score (nSPS) is 21.6. The van der Waals surface area contributed by atoms with Crippen molar-refractivity contribution in [2.45, 2.75) is 38.3 Å². The fraction of sp³-hybridized carbons (Fsp3) is 0.833. The van der Waals surface area contributed by atoms with Gasteiger partial charge in [0.05, 0.1) is 23.5 Å². The molecule has 0 aromatic rings. The van der Waals surface area contributed by atoms with Crippen LogP contribution in [0.4, 0.5) is 0 Å². The molecule has 20 heavy (non-hydrogen) atoms. The van der Waals surface area contributed by atoms with Gasteiger partial charge in [0, 0.05) is 13.2 Å². The first-order valence-electron chi connectivity index (χ1n) is 6.33. The zero-order chi connectivity index (χ0) is 15.6. The third kappa shape index (κ3) is 4.75. The average Bonchev–Trinajstić information content (AvgIpc) is 2.65. The molecule has 1 heterocycles. The summed E-state index contributed by atoms with van der Waals surface area (Å²) in [6.07, 6.45) is 0.294. The van der Waals surface area contributed by atoms with Crippen molar-refractivity contribution in [3.05, 3.63) is 0 Å². The number of carbonyl (C=O) groups excluding carboxylic acids is 1. The second kappa shape index (κ2) is 6.09. The third-order valence-electron chi connectivity index (χ3n) is 3.40. The molecule has 0 aliphatic carbocycles. The van der Waals surface area contributed by atoms with E-state index < -0.39 is 39.9 Å². The van der Waals surface area contributed by atoms with Crippen LogP contribution in [0.2, 0.25) is 0 Å². The van der Waals surface area contributed by atoms with Crippen LogP contribution < -0.4 is 0 Å². The van der Waals surface area contributed by atoms with Crippen LogP contribution >= 0.6 is 0 Å². The summed E-state index contributed by atoms with van der Waals surface area (Å²) in [4.78, 5) is 24.3. The van der Waals surface area contributed by atoms with Crippen LogP contribution in [-0.2, 0) is 24.2 Å². The maximum atomic E-state index is 12.2. The number of aliphatic carboxylic acids is 1. The van der Waals surface area contributed by atoms with Gasteiger partial charge in [0.25, 0.3) is 0 Å². The first-order valence-corrected chi connectivity index (χ1v) is 8.15. The molecule has 1 rings (SSSR count). The zero-order valence-electron chi connectivity index (χ0n) is 12.0. The Bertz CT molecular complexity index is 484. The summed E-state index contributed by atoms with van der Waals surface area (Å²) in [5, 5.41) is 8.90. The van der Waals surface area contributed by atoms with Crippen LogP contribution in [0.3, 0.4) is 0 Å². The van der Waals surface area contributed by atoms with Gasteiger partial charge in [0.2, 0.25) is 5.91 Å². The fourth-order valence-electron chi connectivity index (χ4n) is 2.13. The van der Waals surface area contributed by atoms with E-state index in [1.54, 1.807) is 13.8 Å². The quantitative estimate of drug-likeness (QED) is 0.735. The number of carbonyl (C=O) groups is 2. The van der Waals surface area contributed by atoms with Crippen LogP contribution in [0, 0.1) is 0 Å². The highest BCUT2D eigenvalue weighted by Gasteiger charge is 2.37. The van der Waals surface area contributed by atoms with Crippen molar-refractivity contribution in [3.8, 4) is 0 Å². The van der Waals surface area contributed by atoms with Gasteiger partial charge in [-0.3, -0.25) is 9.59 Å². The molecule has 116 valence electrons. The maximum Gasteiger partial charge on any atom is 0.323 e. The van der Waals surface area contributed by atoms with Gasteiger partial charge < -0.3 is 14.7 Å². The van der Waals surface area contributed by atoms with E-state index in [2.05, 4.69) is 0 Å². The SMILES string of the molecule is COC(C)(C)CC(=O)N(CC(=O)O)C1CCS(=O)(=O)C1. The first kappa shape index (κ1) is 16.9. The van der Waals surface area contributed by atoms with Crippen molar-refractivity contribution >= 4 is 21.7 Å². The topological polar surface area (TPSA) is 101 Å². The monoisotopic (exact) mass is 307 g/mol. The minimum absolute atomic E-state index is 0.00522. The molecule has 0 spiro atoms. The van der Waals surface area contributed by atoms with Crippen LogP contribution in [0.15, 0.2) is 0 Å². The predicted molar refractivity (Wildman–Crippen MR) is 72.1 cm³/mol. The number of methoxy groups -OCH3 is 1. The van der Waals surface area contributed by atoms with Crippen LogP contribution in [0.5, 0.6) is 0 Å². The van der Waals surface area contributed by atoms with Crippen molar-refractivity contribution in [1.82, 2.24) is 4.90 Å². The van der Waals surface area contributed by atoms with Crippen molar-refractivity contribution < 1.29 is 27.9 Å². The van der Waals surface area contributed by atoms with E-state index in [0.29, 0.717) is 0 Å². The number of carboxylic acid groups (broad SMARTS) is 1. The Balaban J connectivity index is 2.84. The van der Waals surface area contributed by atoms with E-state index in [-0.39, 0.29) is 24.3 Å². The van der Waals surface area contributed by atoms with Crippen molar-refractivity contribution in [1.29, 1.82) is 0 Å². The summed E-state index contributed by atoms with van der Waals surface area (Å²) < 4.78 is 28.1. The Morgan fingerprint density at radius 3 is 2.40 bits per heavy atom. The minimum Gasteiger partial charge on any atom is -0.480 e. The van der Waals surface area contributed by atoms with Gasteiger partial charge in [-0.2, -0.15) is 0 Å². The van der Waals surface area contributed by atoms with E-state index >= 15 is 0 Å². The van der Waals surface area contributed by atoms with Crippen molar-refractivity contribution in [2.24, 2.45) is 0 Å². The van der Waals surface area contributed by atoms with E-state index in [1.165, 1.54) is 7.11 Å². The highest BCUT2D eigenvalue weighted by Crippen LogP contribution is 2.21. The largest absolute Gasteiger partial charge is 0.480 e. The third-order valence-corrected chi connectivity index (χ3v) is 5.16. The Kier molecular flexibility index (Phi) is 5.15. The number of hydrogen-bond donors (Lipinski definition) is 1. The predicted octanol–water partition coefficient (Wildman–Crippen LogP) is -0.0982. The summed E-state index contributed by atoms with van der Waals surface area (Å²) in [5.74, 6) is -1.73. The number of carboxylic acids is 1. The molecule has 1 unspecified atom stereocenters. The molecule has 0 aromatic carbocycles. The lowest BCUT2D eigenvalue weighted by Crippen LogP contribution is -2.46. The average molecular weight is 307 g/mol. The number of sulfone groups is 1. The maximum absolute atomic E-state index is 12.2. The molecule has 8 heteroatoms. The summed E-state index contributed by atoms with van der Waals surface area (Å²) >= 11 is 0. The van der Waals surface area contributed by atoms with Crippen molar-refractivity contribution in [3.63, 3.8) is 0 Å². The Morgan fingerprint density at radius 2 is 2.00 bits per heavy atom. The van der Waals surface area contributed by atoms with E-state index in [1.807, 2.05) is 0 Å². The summed E-state index contributed by atoms with van der Waals surface area (Å²) in [7, 11) is -1.71. The molecule has 1 saturated heterocycles. The van der Waals surface area contributed by atoms with Gasteiger partial charge in [-0.05, 0) is 20.3 Å². The molecular formula is C12H21NO6S. The lowest BCUT2D eigenvalue weighted by molar-refractivity contribution is -0.148. The Morgan fingerprint density at radius 1 is 1.40 bits per heavy atom. The molecule has 0 radical (unpaired) electrons. The van der Waals surface area contributed by atoms with Gasteiger partial charge in [0.15, 0.2) is 9.84 Å². The standard InChI is InChI=1S/C12H21NO6S/c1-12(2,19-3)6-10(14)13(7-11(15)16)9-4-5-20(17,18)8-9/h9H,4-8H2,1-3H3,(H,15,16). The molecular weight excluding hydrogens is 286 g/mol. The molecule has 0 aromatic heterocycles. The molecule has 1 aliphatic heterocycles. The number of rotatable bonds is 6. The van der Waals surface area contributed by atoms with Gasteiger partial charge in [-0.25, -0.2) is 8.42 Å². The molecule has 0 bridgehead atoms. The highest BCUT2D eigenvalue weighted by atomic mass is 32.2. The van der Waals surface area contributed by atoms with Crippen molar-refractivity contribution in [2.75, 3.05) is 25.2 Å². The van der Waals surface area contributed by atoms with Gasteiger partial charge in [-0.15, -0.1) is 0 Å². The number of hydrogen-bond acceptors (Lipinski definition) is 5. The number of ether oxygens (including phenoxy) is 1. The van der Waals surface area contributed by atoms with Gasteiger partial charge >= 0.3 is 5.97 Å². The lowest BCUT2D eigenvalue weighted by Gasteiger charge is -2.30. The van der Waals surface area contributed by atoms with Gasteiger partial charge in [-0.1, -0.05) is 0 Å². The summed E-state index contributed by atoms with van der Waals surface area (Å²) in [6.45, 7) is 2.95. The van der Waals surface area contributed by atoms with Crippen LogP contribution in [0.1, 0.15) is 26.7 Å². The zero-order valence-corrected chi connectivity index (χ0v) is 12.8. The number of nitrogens with zero attached hydrogens (tertiary/aromatic N) is 1. The van der Waals surface area contributed by atoms with E-state index in [4.69, 9.17) is 9.84 Å². The summed E-state index contributed by atoms with van der Waals surface area (Å²) in [5.41, 5.74) is -0.717.